The average Bonchev–Trinajstić information content (AvgIpc) is 2.91. The summed E-state index contributed by atoms with van der Waals surface area (Å²) in [6.45, 7) is 4.42. The van der Waals surface area contributed by atoms with E-state index in [4.69, 9.17) is 0 Å². The highest BCUT2D eigenvalue weighted by molar-refractivity contribution is 9.10. The second kappa shape index (κ2) is 7.27. The van der Waals surface area contributed by atoms with Crippen molar-refractivity contribution in [3.05, 3.63) is 58.1 Å². The van der Waals surface area contributed by atoms with Gasteiger partial charge in [-0.2, -0.15) is 0 Å². The number of hydrogen-bond donors (Lipinski definition) is 2. The van der Waals surface area contributed by atoms with Crippen molar-refractivity contribution in [3.8, 4) is 0 Å². The van der Waals surface area contributed by atoms with Crippen molar-refractivity contribution in [2.24, 2.45) is 0 Å². The number of nitrogens with zero attached hydrogens (tertiary/aromatic N) is 1. The fourth-order valence-electron chi connectivity index (χ4n) is 2.89. The molecule has 0 unspecified atom stereocenters. The molecule has 0 aromatic heterocycles. The minimum Gasteiger partial charge on any atom is -0.333 e. The van der Waals surface area contributed by atoms with Gasteiger partial charge in [0.2, 0.25) is 5.91 Å². The zero-order valence-electron chi connectivity index (χ0n) is 14.2. The van der Waals surface area contributed by atoms with Crippen molar-refractivity contribution in [2.45, 2.75) is 26.3 Å². The van der Waals surface area contributed by atoms with Crippen LogP contribution >= 0.6 is 15.9 Å². The van der Waals surface area contributed by atoms with Crippen LogP contribution in [-0.2, 0) is 4.79 Å². The third-order valence-electron chi connectivity index (χ3n) is 4.24. The SMILES string of the molecule is Cc1ccc(N2C[C@@H](NC(=O)Nc3ccc(Br)cc3C)CC2=O)cc1. The molecule has 3 rings (SSSR count). The van der Waals surface area contributed by atoms with Crippen molar-refractivity contribution < 1.29 is 9.59 Å². The van der Waals surface area contributed by atoms with Crippen LogP contribution in [0.4, 0.5) is 16.2 Å². The highest BCUT2D eigenvalue weighted by Crippen LogP contribution is 2.23. The van der Waals surface area contributed by atoms with Gasteiger partial charge in [0.05, 0.1) is 6.04 Å². The van der Waals surface area contributed by atoms with Crippen molar-refractivity contribution in [1.82, 2.24) is 5.32 Å². The van der Waals surface area contributed by atoms with Gasteiger partial charge in [-0.25, -0.2) is 4.79 Å². The summed E-state index contributed by atoms with van der Waals surface area (Å²) in [5.41, 5.74) is 3.73. The molecular formula is C19H20BrN3O2. The van der Waals surface area contributed by atoms with Crippen LogP contribution in [0.2, 0.25) is 0 Å². The van der Waals surface area contributed by atoms with Crippen LogP contribution in [-0.4, -0.2) is 24.5 Å². The Labute approximate surface area is 155 Å². The lowest BCUT2D eigenvalue weighted by molar-refractivity contribution is -0.117. The molecule has 5 nitrogen and oxygen atoms in total. The number of rotatable bonds is 3. The molecule has 1 heterocycles. The number of amides is 3. The van der Waals surface area contributed by atoms with Crippen LogP contribution in [0.15, 0.2) is 46.9 Å². The molecule has 0 spiro atoms. The maximum absolute atomic E-state index is 12.3. The molecule has 1 saturated heterocycles. The number of carbonyl (C=O) groups is 2. The third-order valence-corrected chi connectivity index (χ3v) is 4.74. The van der Waals surface area contributed by atoms with Crippen molar-refractivity contribution in [3.63, 3.8) is 0 Å². The molecule has 2 aromatic rings. The van der Waals surface area contributed by atoms with Crippen LogP contribution in [0.1, 0.15) is 17.5 Å². The van der Waals surface area contributed by atoms with Crippen LogP contribution < -0.4 is 15.5 Å². The van der Waals surface area contributed by atoms with Gasteiger partial charge >= 0.3 is 6.03 Å². The summed E-state index contributed by atoms with van der Waals surface area (Å²) in [5.74, 6) is 0.0222. The Kier molecular flexibility index (Phi) is 5.08. The van der Waals surface area contributed by atoms with Crippen LogP contribution in [0.25, 0.3) is 0 Å². The molecule has 3 amide bonds. The number of anilines is 2. The number of halogens is 1. The Hall–Kier alpha value is -2.34. The standard InChI is InChI=1S/C19H20BrN3O2/c1-12-3-6-16(7-4-12)23-11-15(10-18(23)24)21-19(25)22-17-8-5-14(20)9-13(17)2/h3-9,15H,10-11H2,1-2H3,(H2,21,22,25)/t15-/m0/s1. The van der Waals surface area contributed by atoms with Crippen LogP contribution in [0, 0.1) is 13.8 Å². The van der Waals surface area contributed by atoms with Gasteiger partial charge in [-0.05, 0) is 49.7 Å². The Balaban J connectivity index is 1.61. The first-order valence-electron chi connectivity index (χ1n) is 8.13. The highest BCUT2D eigenvalue weighted by atomic mass is 79.9. The first kappa shape index (κ1) is 17.5. The first-order valence-corrected chi connectivity index (χ1v) is 8.92. The summed E-state index contributed by atoms with van der Waals surface area (Å²) in [5, 5.41) is 5.73. The number of hydrogen-bond acceptors (Lipinski definition) is 2. The molecular weight excluding hydrogens is 382 g/mol. The summed E-state index contributed by atoms with van der Waals surface area (Å²) in [7, 11) is 0. The maximum Gasteiger partial charge on any atom is 0.319 e. The van der Waals surface area contributed by atoms with E-state index in [0.29, 0.717) is 13.0 Å². The minimum absolute atomic E-state index is 0.0222. The molecule has 0 saturated carbocycles. The fraction of sp³-hybridized carbons (Fsp3) is 0.263. The molecule has 130 valence electrons. The monoisotopic (exact) mass is 401 g/mol. The predicted molar refractivity (Wildman–Crippen MR) is 103 cm³/mol. The van der Waals surface area contributed by atoms with E-state index in [0.717, 1.165) is 27.0 Å². The molecule has 0 radical (unpaired) electrons. The average molecular weight is 402 g/mol. The van der Waals surface area contributed by atoms with E-state index >= 15 is 0 Å². The molecule has 2 N–H and O–H groups in total. The van der Waals surface area contributed by atoms with Crippen LogP contribution in [0.3, 0.4) is 0 Å². The topological polar surface area (TPSA) is 61.4 Å². The molecule has 6 heteroatoms. The van der Waals surface area contributed by atoms with Gasteiger partial charge in [-0.3, -0.25) is 4.79 Å². The molecule has 2 aromatic carbocycles. The van der Waals surface area contributed by atoms with E-state index in [2.05, 4.69) is 26.6 Å². The van der Waals surface area contributed by atoms with Crippen molar-refractivity contribution in [1.29, 1.82) is 0 Å². The van der Waals surface area contributed by atoms with E-state index in [1.165, 1.54) is 0 Å². The first-order chi connectivity index (χ1) is 11.9. The second-order valence-corrected chi connectivity index (χ2v) is 7.21. The van der Waals surface area contributed by atoms with Crippen molar-refractivity contribution >= 4 is 39.2 Å². The largest absolute Gasteiger partial charge is 0.333 e. The Morgan fingerprint density at radius 3 is 2.56 bits per heavy atom. The zero-order chi connectivity index (χ0) is 18.0. The van der Waals surface area contributed by atoms with E-state index in [-0.39, 0.29) is 18.0 Å². The predicted octanol–water partition coefficient (Wildman–Crippen LogP) is 3.99. The lowest BCUT2D eigenvalue weighted by atomic mass is 10.2. The van der Waals surface area contributed by atoms with E-state index < -0.39 is 0 Å². The van der Waals surface area contributed by atoms with Gasteiger partial charge in [0.25, 0.3) is 0 Å². The molecule has 1 atom stereocenters. The number of urea groups is 1. The van der Waals surface area contributed by atoms with Gasteiger partial charge in [-0.15, -0.1) is 0 Å². The summed E-state index contributed by atoms with van der Waals surface area (Å²) >= 11 is 3.40. The van der Waals surface area contributed by atoms with Crippen LogP contribution in [0.5, 0.6) is 0 Å². The third kappa shape index (κ3) is 4.20. The molecule has 0 aliphatic carbocycles. The number of carbonyl (C=O) groups excluding carboxylic acids is 2. The fourth-order valence-corrected chi connectivity index (χ4v) is 3.37. The Morgan fingerprint density at radius 2 is 1.88 bits per heavy atom. The quantitative estimate of drug-likeness (QED) is 0.816. The van der Waals surface area contributed by atoms with E-state index in [1.807, 2.05) is 56.3 Å². The second-order valence-electron chi connectivity index (χ2n) is 6.30. The van der Waals surface area contributed by atoms with Gasteiger partial charge in [0.15, 0.2) is 0 Å². The summed E-state index contributed by atoms with van der Waals surface area (Å²) < 4.78 is 0.964. The van der Waals surface area contributed by atoms with E-state index in [9.17, 15) is 9.59 Å². The molecule has 1 aliphatic rings. The highest BCUT2D eigenvalue weighted by Gasteiger charge is 2.31. The lowest BCUT2D eigenvalue weighted by Crippen LogP contribution is -2.39. The molecule has 1 fully saturated rings. The van der Waals surface area contributed by atoms with Gasteiger partial charge in [0, 0.05) is 28.8 Å². The minimum atomic E-state index is -0.297. The maximum atomic E-state index is 12.3. The summed E-state index contributed by atoms with van der Waals surface area (Å²) in [4.78, 5) is 26.2. The smallest absolute Gasteiger partial charge is 0.319 e. The van der Waals surface area contributed by atoms with Gasteiger partial charge in [-0.1, -0.05) is 33.6 Å². The molecule has 0 bridgehead atoms. The molecule has 1 aliphatic heterocycles. The van der Waals surface area contributed by atoms with Gasteiger partial charge < -0.3 is 15.5 Å². The van der Waals surface area contributed by atoms with E-state index in [1.54, 1.807) is 4.90 Å². The number of aryl methyl sites for hydroxylation is 2. The Morgan fingerprint density at radius 1 is 1.16 bits per heavy atom. The van der Waals surface area contributed by atoms with Crippen molar-refractivity contribution in [2.75, 3.05) is 16.8 Å². The Bertz CT molecular complexity index is 805. The lowest BCUT2D eigenvalue weighted by Gasteiger charge is -2.18. The number of benzene rings is 2. The molecule has 25 heavy (non-hydrogen) atoms. The zero-order valence-corrected chi connectivity index (χ0v) is 15.8. The summed E-state index contributed by atoms with van der Waals surface area (Å²) in [6, 6.07) is 13.0. The number of nitrogens with one attached hydrogen (secondary N) is 2. The normalized spacial score (nSPS) is 16.8. The van der Waals surface area contributed by atoms with Gasteiger partial charge in [0.1, 0.15) is 0 Å². The summed E-state index contributed by atoms with van der Waals surface area (Å²) in [6.07, 6.45) is 0.306.